The van der Waals surface area contributed by atoms with Crippen LogP contribution in [-0.4, -0.2) is 45.3 Å². The number of hydrogen-bond acceptors (Lipinski definition) is 5. The first kappa shape index (κ1) is 17.5. The zero-order chi connectivity index (χ0) is 16.9. The van der Waals surface area contributed by atoms with E-state index >= 15 is 0 Å². The fourth-order valence-electron chi connectivity index (χ4n) is 3.18. The molecule has 0 saturated carbocycles. The molecule has 1 aliphatic rings. The third kappa shape index (κ3) is 3.86. The Hall–Kier alpha value is -1.27. The molecule has 0 bridgehead atoms. The van der Waals surface area contributed by atoms with Crippen molar-refractivity contribution in [3.8, 4) is 11.5 Å². The van der Waals surface area contributed by atoms with Crippen LogP contribution in [0.15, 0.2) is 30.3 Å². The fraction of sp³-hybridized carbons (Fsp3) is 0.444. The fourth-order valence-corrected chi connectivity index (χ4v) is 4.40. The molecule has 0 spiro atoms. The Morgan fingerprint density at radius 3 is 2.62 bits per heavy atom. The van der Waals surface area contributed by atoms with Crippen molar-refractivity contribution in [3.63, 3.8) is 0 Å². The number of rotatable bonds is 5. The van der Waals surface area contributed by atoms with Crippen LogP contribution in [-0.2, 0) is 0 Å². The molecule has 1 saturated heterocycles. The first-order valence-electron chi connectivity index (χ1n) is 8.15. The molecule has 130 valence electrons. The van der Waals surface area contributed by atoms with E-state index < -0.39 is 0 Å². The normalized spacial score (nSPS) is 17.3. The molecule has 24 heavy (non-hydrogen) atoms. The average Bonchev–Trinajstić information content (AvgIpc) is 2.86. The molecule has 4 nitrogen and oxygen atoms in total. The van der Waals surface area contributed by atoms with Gasteiger partial charge in [0.1, 0.15) is 0 Å². The molecule has 6 heteroatoms. The summed E-state index contributed by atoms with van der Waals surface area (Å²) < 4.78 is 11.7. The van der Waals surface area contributed by atoms with Crippen LogP contribution >= 0.6 is 22.9 Å². The monoisotopic (exact) mass is 366 g/mol. The van der Waals surface area contributed by atoms with Gasteiger partial charge in [0.25, 0.3) is 0 Å². The van der Waals surface area contributed by atoms with Gasteiger partial charge in [0.2, 0.25) is 0 Å². The van der Waals surface area contributed by atoms with Crippen molar-refractivity contribution in [1.82, 2.24) is 10.2 Å². The van der Waals surface area contributed by atoms with Gasteiger partial charge in [0.15, 0.2) is 11.5 Å². The second kappa shape index (κ2) is 8.21. The largest absolute Gasteiger partial charge is 0.493 e. The Kier molecular flexibility index (Phi) is 6.00. The van der Waals surface area contributed by atoms with Crippen molar-refractivity contribution in [2.24, 2.45) is 0 Å². The van der Waals surface area contributed by atoms with Crippen molar-refractivity contribution in [2.45, 2.75) is 12.5 Å². The second-order valence-corrected chi connectivity index (χ2v) is 7.55. The number of methoxy groups -OCH3 is 2. The van der Waals surface area contributed by atoms with Crippen LogP contribution < -0.4 is 14.8 Å². The van der Waals surface area contributed by atoms with E-state index in [1.165, 1.54) is 10.4 Å². The maximum Gasteiger partial charge on any atom is 0.161 e. The highest BCUT2D eigenvalue weighted by molar-refractivity contribution is 7.16. The lowest BCUT2D eigenvalue weighted by Gasteiger charge is -2.30. The van der Waals surface area contributed by atoms with Gasteiger partial charge in [-0.2, -0.15) is 0 Å². The van der Waals surface area contributed by atoms with E-state index in [1.54, 1.807) is 25.6 Å². The van der Waals surface area contributed by atoms with E-state index in [0.717, 1.165) is 48.4 Å². The molecule has 0 aliphatic carbocycles. The van der Waals surface area contributed by atoms with Crippen LogP contribution in [0.25, 0.3) is 0 Å². The molecule has 1 atom stereocenters. The lowest BCUT2D eigenvalue weighted by atomic mass is 10.0. The maximum absolute atomic E-state index is 6.21. The molecule has 1 aliphatic heterocycles. The van der Waals surface area contributed by atoms with Gasteiger partial charge in [-0.1, -0.05) is 17.7 Å². The Labute approximate surface area is 152 Å². The van der Waals surface area contributed by atoms with Gasteiger partial charge in [0, 0.05) is 24.5 Å². The van der Waals surface area contributed by atoms with Gasteiger partial charge in [-0.25, -0.2) is 0 Å². The number of halogens is 1. The highest BCUT2D eigenvalue weighted by atomic mass is 35.5. The summed E-state index contributed by atoms with van der Waals surface area (Å²) in [5, 5.41) is 3.47. The third-order valence-corrected chi connectivity index (χ3v) is 5.61. The highest BCUT2D eigenvalue weighted by Crippen LogP contribution is 2.38. The molecule has 1 unspecified atom stereocenters. The first-order valence-corrected chi connectivity index (χ1v) is 9.34. The Balaban J connectivity index is 2.00. The van der Waals surface area contributed by atoms with Gasteiger partial charge in [-0.15, -0.1) is 11.3 Å². The predicted octanol–water partition coefficient (Wildman–Crippen LogP) is 3.80. The average molecular weight is 367 g/mol. The van der Waals surface area contributed by atoms with Crippen LogP contribution in [0.1, 0.15) is 22.9 Å². The minimum Gasteiger partial charge on any atom is -0.493 e. The maximum atomic E-state index is 6.21. The Morgan fingerprint density at radius 1 is 1.08 bits per heavy atom. The molecule has 2 heterocycles. The summed E-state index contributed by atoms with van der Waals surface area (Å²) in [6.07, 6.45) is 1.14. The second-order valence-electron chi connectivity index (χ2n) is 5.80. The van der Waals surface area contributed by atoms with Crippen molar-refractivity contribution < 1.29 is 9.47 Å². The van der Waals surface area contributed by atoms with Crippen LogP contribution in [0.5, 0.6) is 11.5 Å². The number of hydrogen-bond donors (Lipinski definition) is 1. The van der Waals surface area contributed by atoms with E-state index in [-0.39, 0.29) is 6.04 Å². The zero-order valence-electron chi connectivity index (χ0n) is 14.0. The summed E-state index contributed by atoms with van der Waals surface area (Å²) in [6, 6.07) is 10.5. The van der Waals surface area contributed by atoms with Crippen molar-refractivity contribution in [2.75, 3.05) is 40.4 Å². The van der Waals surface area contributed by atoms with Gasteiger partial charge >= 0.3 is 0 Å². The quantitative estimate of drug-likeness (QED) is 0.872. The molecule has 2 aromatic rings. The summed E-state index contributed by atoms with van der Waals surface area (Å²) >= 11 is 7.86. The number of thiophene rings is 1. The molecular weight excluding hydrogens is 344 g/mol. The molecule has 1 aromatic carbocycles. The summed E-state index contributed by atoms with van der Waals surface area (Å²) in [5.74, 6) is 1.51. The summed E-state index contributed by atoms with van der Waals surface area (Å²) in [4.78, 5) is 3.78. The summed E-state index contributed by atoms with van der Waals surface area (Å²) in [7, 11) is 3.34. The van der Waals surface area contributed by atoms with E-state index in [9.17, 15) is 0 Å². The van der Waals surface area contributed by atoms with E-state index in [2.05, 4.69) is 28.4 Å². The highest BCUT2D eigenvalue weighted by Gasteiger charge is 2.25. The Morgan fingerprint density at radius 2 is 1.92 bits per heavy atom. The minimum absolute atomic E-state index is 0.183. The molecule has 1 N–H and O–H groups in total. The van der Waals surface area contributed by atoms with Gasteiger partial charge in [-0.3, -0.25) is 4.90 Å². The van der Waals surface area contributed by atoms with Crippen LogP contribution in [0, 0.1) is 0 Å². The van der Waals surface area contributed by atoms with Gasteiger partial charge in [0.05, 0.1) is 24.6 Å². The lowest BCUT2D eigenvalue weighted by molar-refractivity contribution is 0.243. The SMILES string of the molecule is COc1ccc(C(c2ccc(Cl)s2)N2CCCNCC2)cc1OC. The van der Waals surface area contributed by atoms with Crippen molar-refractivity contribution >= 4 is 22.9 Å². The van der Waals surface area contributed by atoms with E-state index in [1.807, 2.05) is 12.1 Å². The number of nitrogens with zero attached hydrogens (tertiary/aromatic N) is 1. The number of ether oxygens (including phenoxy) is 2. The Bertz CT molecular complexity index is 669. The molecule has 3 rings (SSSR count). The number of benzene rings is 1. The summed E-state index contributed by atoms with van der Waals surface area (Å²) in [6.45, 7) is 4.14. The molecule has 0 radical (unpaired) electrons. The third-order valence-electron chi connectivity index (χ3n) is 4.33. The number of nitrogens with one attached hydrogen (secondary N) is 1. The first-order chi connectivity index (χ1) is 11.7. The molecule has 1 fully saturated rings. The predicted molar refractivity (Wildman–Crippen MR) is 99.8 cm³/mol. The van der Waals surface area contributed by atoms with Crippen molar-refractivity contribution in [1.29, 1.82) is 0 Å². The van der Waals surface area contributed by atoms with Gasteiger partial charge < -0.3 is 14.8 Å². The van der Waals surface area contributed by atoms with Crippen LogP contribution in [0.2, 0.25) is 4.34 Å². The standard InChI is InChI=1S/C18H23ClN2O2S/c1-22-14-5-4-13(12-15(14)23-2)18(16-6-7-17(19)24-16)21-10-3-8-20-9-11-21/h4-7,12,18,20H,3,8-11H2,1-2H3. The zero-order valence-corrected chi connectivity index (χ0v) is 15.6. The molecular formula is C18H23ClN2O2S. The topological polar surface area (TPSA) is 33.7 Å². The minimum atomic E-state index is 0.183. The smallest absolute Gasteiger partial charge is 0.161 e. The van der Waals surface area contributed by atoms with E-state index in [0.29, 0.717) is 0 Å². The van der Waals surface area contributed by atoms with Gasteiger partial charge in [-0.05, 0) is 42.8 Å². The van der Waals surface area contributed by atoms with Crippen LogP contribution in [0.4, 0.5) is 0 Å². The van der Waals surface area contributed by atoms with Crippen molar-refractivity contribution in [3.05, 3.63) is 45.1 Å². The summed E-state index contributed by atoms with van der Waals surface area (Å²) in [5.41, 5.74) is 1.20. The van der Waals surface area contributed by atoms with Crippen LogP contribution in [0.3, 0.4) is 0 Å². The molecule has 0 amide bonds. The lowest BCUT2D eigenvalue weighted by Crippen LogP contribution is -2.32. The van der Waals surface area contributed by atoms with E-state index in [4.69, 9.17) is 21.1 Å². The molecule has 1 aromatic heterocycles.